The van der Waals surface area contributed by atoms with Gasteiger partial charge in [0.1, 0.15) is 18.1 Å². The molecule has 1 aliphatic rings. The third kappa shape index (κ3) is 6.17. The smallest absolute Gasteiger partial charge is 0.340 e. The Morgan fingerprint density at radius 3 is 2.36 bits per heavy atom. The maximum Gasteiger partial charge on any atom is 0.340 e. The SMILES string of the molecule is COCCOC(=O)c1c(C)[nH]c(C(=O)N2CCN(CC(=O)Nc3ccc(F)cc3)CC2)c1C. The van der Waals surface area contributed by atoms with E-state index in [-0.39, 0.29) is 30.8 Å². The van der Waals surface area contributed by atoms with Crippen LogP contribution in [-0.4, -0.2) is 85.6 Å². The Hall–Kier alpha value is -3.24. The molecular weight excluding hydrogens is 431 g/mol. The molecule has 2 amide bonds. The number of aryl methyl sites for hydroxylation is 1. The lowest BCUT2D eigenvalue weighted by molar-refractivity contribution is -0.117. The van der Waals surface area contributed by atoms with Crippen LogP contribution in [0.5, 0.6) is 0 Å². The number of amides is 2. The molecule has 2 aromatic rings. The molecule has 2 N–H and O–H groups in total. The number of halogens is 1. The number of aromatic amines is 1. The van der Waals surface area contributed by atoms with Gasteiger partial charge in [0, 0.05) is 44.7 Å². The van der Waals surface area contributed by atoms with Crippen molar-refractivity contribution < 1.29 is 28.2 Å². The number of nitrogens with zero attached hydrogens (tertiary/aromatic N) is 2. The first-order valence-corrected chi connectivity index (χ1v) is 10.7. The van der Waals surface area contributed by atoms with Gasteiger partial charge in [-0.15, -0.1) is 0 Å². The summed E-state index contributed by atoms with van der Waals surface area (Å²) < 4.78 is 23.1. The number of carbonyl (C=O) groups is 3. The summed E-state index contributed by atoms with van der Waals surface area (Å²) in [4.78, 5) is 44.4. The number of esters is 1. The van der Waals surface area contributed by atoms with E-state index in [9.17, 15) is 18.8 Å². The zero-order valence-electron chi connectivity index (χ0n) is 19.1. The molecule has 0 saturated carbocycles. The average molecular weight is 461 g/mol. The van der Waals surface area contributed by atoms with Crippen LogP contribution in [0.25, 0.3) is 0 Å². The monoisotopic (exact) mass is 460 g/mol. The number of piperazine rings is 1. The lowest BCUT2D eigenvalue weighted by Gasteiger charge is -2.34. The number of aromatic nitrogens is 1. The third-order valence-corrected chi connectivity index (χ3v) is 5.53. The minimum atomic E-state index is -0.491. The number of hydrogen-bond acceptors (Lipinski definition) is 6. The van der Waals surface area contributed by atoms with Crippen molar-refractivity contribution in [2.24, 2.45) is 0 Å². The largest absolute Gasteiger partial charge is 0.460 e. The highest BCUT2D eigenvalue weighted by Crippen LogP contribution is 2.21. The number of hydrogen-bond donors (Lipinski definition) is 2. The molecule has 3 rings (SSSR count). The van der Waals surface area contributed by atoms with Crippen LogP contribution in [0, 0.1) is 19.7 Å². The predicted molar refractivity (Wildman–Crippen MR) is 120 cm³/mol. The van der Waals surface area contributed by atoms with Crippen molar-refractivity contribution >= 4 is 23.5 Å². The Morgan fingerprint density at radius 2 is 1.73 bits per heavy atom. The maximum absolute atomic E-state index is 13.1. The lowest BCUT2D eigenvalue weighted by Crippen LogP contribution is -2.50. The van der Waals surface area contributed by atoms with Crippen LogP contribution in [0.2, 0.25) is 0 Å². The molecule has 1 saturated heterocycles. The summed E-state index contributed by atoms with van der Waals surface area (Å²) in [6.45, 7) is 6.04. The standard InChI is InChI=1S/C23H29FN4O5/c1-15-20(23(31)33-13-12-32-3)16(2)25-21(15)22(30)28-10-8-27(9-11-28)14-19(29)26-18-6-4-17(24)5-7-18/h4-7,25H,8-14H2,1-3H3,(H,26,29). The van der Waals surface area contributed by atoms with E-state index < -0.39 is 5.97 Å². The number of ether oxygens (including phenoxy) is 2. The van der Waals surface area contributed by atoms with E-state index in [1.807, 2.05) is 4.90 Å². The first-order valence-electron chi connectivity index (χ1n) is 10.7. The third-order valence-electron chi connectivity index (χ3n) is 5.53. The van der Waals surface area contributed by atoms with Crippen molar-refractivity contribution in [3.05, 3.63) is 52.6 Å². The Labute approximate surface area is 191 Å². The predicted octanol–water partition coefficient (Wildman–Crippen LogP) is 1.97. The number of carbonyl (C=O) groups excluding carboxylic acids is 3. The van der Waals surface area contributed by atoms with E-state index in [1.54, 1.807) is 18.7 Å². The lowest BCUT2D eigenvalue weighted by atomic mass is 10.1. The maximum atomic E-state index is 13.1. The van der Waals surface area contributed by atoms with Crippen molar-refractivity contribution in [3.8, 4) is 0 Å². The fourth-order valence-corrected chi connectivity index (χ4v) is 3.76. The zero-order chi connectivity index (χ0) is 24.0. The van der Waals surface area contributed by atoms with Gasteiger partial charge in [-0.3, -0.25) is 14.5 Å². The number of anilines is 1. The molecule has 1 aromatic heterocycles. The fourth-order valence-electron chi connectivity index (χ4n) is 3.76. The second kappa shape index (κ2) is 11.1. The quantitative estimate of drug-likeness (QED) is 0.461. The van der Waals surface area contributed by atoms with E-state index >= 15 is 0 Å². The van der Waals surface area contributed by atoms with Crippen LogP contribution in [0.15, 0.2) is 24.3 Å². The number of methoxy groups -OCH3 is 1. The molecule has 33 heavy (non-hydrogen) atoms. The molecule has 0 aliphatic carbocycles. The van der Waals surface area contributed by atoms with Crippen LogP contribution in [-0.2, 0) is 14.3 Å². The molecule has 0 spiro atoms. The molecule has 0 radical (unpaired) electrons. The minimum Gasteiger partial charge on any atom is -0.460 e. The molecule has 178 valence electrons. The van der Waals surface area contributed by atoms with Gasteiger partial charge in [0.15, 0.2) is 0 Å². The van der Waals surface area contributed by atoms with Crippen molar-refractivity contribution in [1.82, 2.24) is 14.8 Å². The van der Waals surface area contributed by atoms with Crippen molar-refractivity contribution in [2.75, 3.05) is 58.4 Å². The van der Waals surface area contributed by atoms with Gasteiger partial charge in [0.05, 0.1) is 18.7 Å². The fraction of sp³-hybridized carbons (Fsp3) is 0.435. The highest BCUT2D eigenvalue weighted by atomic mass is 19.1. The number of H-pyrrole nitrogens is 1. The molecule has 0 bridgehead atoms. The summed E-state index contributed by atoms with van der Waals surface area (Å²) >= 11 is 0. The Morgan fingerprint density at radius 1 is 1.06 bits per heavy atom. The molecule has 9 nitrogen and oxygen atoms in total. The number of benzene rings is 1. The second-order valence-electron chi connectivity index (χ2n) is 7.88. The van der Waals surface area contributed by atoms with E-state index in [4.69, 9.17) is 9.47 Å². The van der Waals surface area contributed by atoms with Crippen molar-refractivity contribution in [2.45, 2.75) is 13.8 Å². The van der Waals surface area contributed by atoms with Gasteiger partial charge >= 0.3 is 5.97 Å². The van der Waals surface area contributed by atoms with Crippen molar-refractivity contribution in [3.63, 3.8) is 0 Å². The van der Waals surface area contributed by atoms with Gasteiger partial charge in [0.25, 0.3) is 5.91 Å². The highest BCUT2D eigenvalue weighted by Gasteiger charge is 2.28. The average Bonchev–Trinajstić information content (AvgIpc) is 3.09. The van der Waals surface area contributed by atoms with Crippen LogP contribution in [0.4, 0.5) is 10.1 Å². The van der Waals surface area contributed by atoms with Crippen LogP contribution in [0.1, 0.15) is 32.1 Å². The molecule has 1 aliphatic heterocycles. The summed E-state index contributed by atoms with van der Waals surface area (Å²) in [6, 6.07) is 5.59. The van der Waals surface area contributed by atoms with E-state index in [0.29, 0.717) is 61.0 Å². The minimum absolute atomic E-state index is 0.138. The van der Waals surface area contributed by atoms with Gasteiger partial charge in [-0.2, -0.15) is 0 Å². The summed E-state index contributed by atoms with van der Waals surface area (Å²) in [5.74, 6) is -1.25. The topological polar surface area (TPSA) is 104 Å². The summed E-state index contributed by atoms with van der Waals surface area (Å²) in [7, 11) is 1.52. The molecule has 2 heterocycles. The Bertz CT molecular complexity index is 997. The molecule has 0 unspecified atom stereocenters. The van der Waals surface area contributed by atoms with Gasteiger partial charge in [-0.25, -0.2) is 9.18 Å². The van der Waals surface area contributed by atoms with Gasteiger partial charge in [-0.05, 0) is 43.7 Å². The summed E-state index contributed by atoms with van der Waals surface area (Å²) in [5, 5.41) is 2.74. The molecule has 1 fully saturated rings. The van der Waals surface area contributed by atoms with Gasteiger partial charge in [0.2, 0.25) is 5.91 Å². The van der Waals surface area contributed by atoms with Gasteiger partial charge < -0.3 is 24.7 Å². The highest BCUT2D eigenvalue weighted by molar-refractivity contribution is 6.00. The van der Waals surface area contributed by atoms with Crippen molar-refractivity contribution in [1.29, 1.82) is 0 Å². The summed E-state index contributed by atoms with van der Waals surface area (Å²) in [5.41, 5.74) is 2.40. The molecule has 1 aromatic carbocycles. The Kier molecular flexibility index (Phi) is 8.18. The number of nitrogens with one attached hydrogen (secondary N) is 2. The number of rotatable bonds is 8. The van der Waals surface area contributed by atoms with Crippen LogP contribution >= 0.6 is 0 Å². The second-order valence-corrected chi connectivity index (χ2v) is 7.88. The molecular formula is C23H29FN4O5. The first kappa shape index (κ1) is 24.4. The van der Waals surface area contributed by atoms with Crippen LogP contribution in [0.3, 0.4) is 0 Å². The normalized spacial score (nSPS) is 14.2. The van der Waals surface area contributed by atoms with E-state index in [0.717, 1.165) is 0 Å². The molecule has 0 atom stereocenters. The summed E-state index contributed by atoms with van der Waals surface area (Å²) in [6.07, 6.45) is 0. The van der Waals surface area contributed by atoms with Crippen LogP contribution < -0.4 is 5.32 Å². The van der Waals surface area contributed by atoms with Gasteiger partial charge in [-0.1, -0.05) is 0 Å². The van der Waals surface area contributed by atoms with E-state index in [2.05, 4.69) is 10.3 Å². The first-order chi connectivity index (χ1) is 15.8. The zero-order valence-corrected chi connectivity index (χ0v) is 19.1. The Balaban J connectivity index is 1.53. The molecule has 10 heteroatoms. The van der Waals surface area contributed by atoms with E-state index in [1.165, 1.54) is 31.4 Å².